The summed E-state index contributed by atoms with van der Waals surface area (Å²) in [5, 5.41) is 6.20. The molecule has 2 N–H and O–H groups in total. The van der Waals surface area contributed by atoms with Crippen LogP contribution in [0.4, 0.5) is 5.82 Å². The van der Waals surface area contributed by atoms with E-state index in [0.29, 0.717) is 38.3 Å². The molecule has 1 aromatic heterocycles. The molecule has 0 unspecified atom stereocenters. The van der Waals surface area contributed by atoms with Crippen LogP contribution in [0.3, 0.4) is 0 Å². The van der Waals surface area contributed by atoms with E-state index in [1.165, 1.54) is 5.56 Å². The highest BCUT2D eigenvalue weighted by Crippen LogP contribution is 2.28. The van der Waals surface area contributed by atoms with Crippen LogP contribution in [0.2, 0.25) is 0 Å². The molecule has 0 spiro atoms. The van der Waals surface area contributed by atoms with Gasteiger partial charge in [0.25, 0.3) is 5.91 Å². The van der Waals surface area contributed by atoms with Crippen LogP contribution in [0.15, 0.2) is 66.9 Å². The number of hydrogen-bond acceptors (Lipinski definition) is 5. The Bertz CT molecular complexity index is 960. The number of carbonyl (C=O) groups is 1. The zero-order chi connectivity index (χ0) is 21.9. The smallest absolute Gasteiger partial charge is 0.252 e. The van der Waals surface area contributed by atoms with Crippen LogP contribution in [0.5, 0.6) is 11.5 Å². The number of nitrogens with one attached hydrogen (secondary N) is 2. The van der Waals surface area contributed by atoms with Crippen molar-refractivity contribution >= 4 is 11.7 Å². The minimum atomic E-state index is -0.141. The van der Waals surface area contributed by atoms with E-state index in [1.807, 2.05) is 56.3 Å². The molecule has 0 saturated carbocycles. The molecule has 0 saturated heterocycles. The molecule has 1 amide bonds. The van der Waals surface area contributed by atoms with Gasteiger partial charge in [0.2, 0.25) is 0 Å². The first-order chi connectivity index (χ1) is 15.2. The molecule has 0 atom stereocenters. The summed E-state index contributed by atoms with van der Waals surface area (Å²) in [6, 6.07) is 19.6. The molecule has 0 aliphatic rings. The Balaban J connectivity index is 1.48. The molecule has 3 rings (SSSR count). The van der Waals surface area contributed by atoms with Gasteiger partial charge in [-0.15, -0.1) is 0 Å². The number of carbonyl (C=O) groups excluding carboxylic acids is 1. The highest BCUT2D eigenvalue weighted by atomic mass is 16.5. The maximum absolute atomic E-state index is 12.4. The lowest BCUT2D eigenvalue weighted by atomic mass is 10.1. The number of ether oxygens (including phenoxy) is 2. The van der Waals surface area contributed by atoms with E-state index in [1.54, 1.807) is 12.3 Å². The van der Waals surface area contributed by atoms with Crippen molar-refractivity contribution in [1.29, 1.82) is 0 Å². The van der Waals surface area contributed by atoms with Gasteiger partial charge in [0.05, 0.1) is 18.8 Å². The minimum Gasteiger partial charge on any atom is -0.490 e. The minimum absolute atomic E-state index is 0.141. The van der Waals surface area contributed by atoms with E-state index in [4.69, 9.17) is 9.47 Å². The van der Waals surface area contributed by atoms with Gasteiger partial charge in [0.15, 0.2) is 11.5 Å². The second kappa shape index (κ2) is 11.6. The number of pyridine rings is 1. The van der Waals surface area contributed by atoms with E-state index in [-0.39, 0.29) is 5.91 Å². The van der Waals surface area contributed by atoms with Crippen molar-refractivity contribution in [2.75, 3.05) is 25.1 Å². The first-order valence-electron chi connectivity index (χ1n) is 10.6. The normalized spacial score (nSPS) is 10.4. The van der Waals surface area contributed by atoms with Crippen molar-refractivity contribution in [2.45, 2.75) is 26.8 Å². The lowest BCUT2D eigenvalue weighted by Crippen LogP contribution is -2.25. The third kappa shape index (κ3) is 6.74. The van der Waals surface area contributed by atoms with Gasteiger partial charge >= 0.3 is 0 Å². The first kappa shape index (κ1) is 22.2. The van der Waals surface area contributed by atoms with Crippen molar-refractivity contribution in [2.24, 2.45) is 0 Å². The fourth-order valence-electron chi connectivity index (χ4n) is 3.09. The summed E-state index contributed by atoms with van der Waals surface area (Å²) in [7, 11) is 0. The summed E-state index contributed by atoms with van der Waals surface area (Å²) in [5.41, 5.74) is 2.78. The summed E-state index contributed by atoms with van der Waals surface area (Å²) >= 11 is 0. The SMILES string of the molecule is CCOc1ccc(CCNC(=O)c2ccc(NCc3ccccc3)nc2)cc1OCC. The molecular formula is C25H29N3O3. The second-order valence-corrected chi connectivity index (χ2v) is 6.92. The molecule has 0 aliphatic carbocycles. The Morgan fingerprint density at radius 3 is 2.39 bits per heavy atom. The van der Waals surface area contributed by atoms with Crippen molar-refractivity contribution in [1.82, 2.24) is 10.3 Å². The van der Waals surface area contributed by atoms with Crippen LogP contribution in [0.1, 0.15) is 35.3 Å². The van der Waals surface area contributed by atoms with Crippen molar-refractivity contribution in [3.63, 3.8) is 0 Å². The van der Waals surface area contributed by atoms with Crippen molar-refractivity contribution in [3.05, 3.63) is 83.6 Å². The standard InChI is InChI=1S/C25H29N3O3/c1-3-30-22-12-10-19(16-23(22)31-4-2)14-15-26-25(29)21-11-13-24(28-18-21)27-17-20-8-6-5-7-9-20/h5-13,16,18H,3-4,14-15,17H2,1-2H3,(H,26,29)(H,27,28). The third-order valence-electron chi connectivity index (χ3n) is 4.65. The second-order valence-electron chi connectivity index (χ2n) is 6.92. The van der Waals surface area contributed by atoms with Crippen LogP contribution in [0.25, 0.3) is 0 Å². The summed E-state index contributed by atoms with van der Waals surface area (Å²) in [6.07, 6.45) is 2.29. The van der Waals surface area contributed by atoms with Gasteiger partial charge in [0.1, 0.15) is 5.82 Å². The molecular weight excluding hydrogens is 390 g/mol. The number of aromatic nitrogens is 1. The molecule has 0 aliphatic heterocycles. The molecule has 6 heteroatoms. The van der Waals surface area contributed by atoms with Gasteiger partial charge < -0.3 is 20.1 Å². The predicted octanol–water partition coefficient (Wildman–Crippen LogP) is 4.46. The molecule has 31 heavy (non-hydrogen) atoms. The largest absolute Gasteiger partial charge is 0.490 e. The number of hydrogen-bond donors (Lipinski definition) is 2. The fourth-order valence-corrected chi connectivity index (χ4v) is 3.09. The quantitative estimate of drug-likeness (QED) is 0.480. The summed E-state index contributed by atoms with van der Waals surface area (Å²) in [5.74, 6) is 2.07. The van der Waals surface area contributed by atoms with E-state index < -0.39 is 0 Å². The molecule has 0 bridgehead atoms. The summed E-state index contributed by atoms with van der Waals surface area (Å²) in [4.78, 5) is 16.8. The van der Waals surface area contributed by atoms with E-state index in [9.17, 15) is 4.79 Å². The van der Waals surface area contributed by atoms with Gasteiger partial charge in [0, 0.05) is 19.3 Å². The number of rotatable bonds is 11. The maximum Gasteiger partial charge on any atom is 0.252 e. The monoisotopic (exact) mass is 419 g/mol. The van der Waals surface area contributed by atoms with Crippen LogP contribution >= 0.6 is 0 Å². The van der Waals surface area contributed by atoms with Gasteiger partial charge in [-0.05, 0) is 55.7 Å². The summed E-state index contributed by atoms with van der Waals surface area (Å²) < 4.78 is 11.2. The molecule has 0 radical (unpaired) electrons. The molecule has 1 heterocycles. The van der Waals surface area contributed by atoms with E-state index >= 15 is 0 Å². The average molecular weight is 420 g/mol. The molecule has 6 nitrogen and oxygen atoms in total. The van der Waals surface area contributed by atoms with Crippen LogP contribution < -0.4 is 20.1 Å². The lowest BCUT2D eigenvalue weighted by molar-refractivity contribution is 0.0954. The number of anilines is 1. The third-order valence-corrected chi connectivity index (χ3v) is 4.65. The molecule has 0 fully saturated rings. The van der Waals surface area contributed by atoms with Crippen LogP contribution in [-0.2, 0) is 13.0 Å². The summed E-state index contributed by atoms with van der Waals surface area (Å²) in [6.45, 7) is 6.25. The van der Waals surface area contributed by atoms with Crippen LogP contribution in [-0.4, -0.2) is 30.6 Å². The predicted molar refractivity (Wildman–Crippen MR) is 123 cm³/mol. The topological polar surface area (TPSA) is 72.5 Å². The van der Waals surface area contributed by atoms with Crippen LogP contribution in [0, 0.1) is 0 Å². The molecule has 2 aromatic carbocycles. The van der Waals surface area contributed by atoms with E-state index in [0.717, 1.165) is 22.9 Å². The zero-order valence-corrected chi connectivity index (χ0v) is 18.1. The van der Waals surface area contributed by atoms with E-state index in [2.05, 4.69) is 27.8 Å². The number of nitrogens with zero attached hydrogens (tertiary/aromatic N) is 1. The van der Waals surface area contributed by atoms with Gasteiger partial charge in [-0.1, -0.05) is 36.4 Å². The van der Waals surface area contributed by atoms with Gasteiger partial charge in [-0.25, -0.2) is 4.98 Å². The Morgan fingerprint density at radius 2 is 1.68 bits per heavy atom. The highest BCUT2D eigenvalue weighted by Gasteiger charge is 2.08. The highest BCUT2D eigenvalue weighted by molar-refractivity contribution is 5.94. The number of amides is 1. The fraction of sp³-hybridized carbons (Fsp3) is 0.280. The molecule has 3 aromatic rings. The number of benzene rings is 2. The van der Waals surface area contributed by atoms with Gasteiger partial charge in [-0.3, -0.25) is 4.79 Å². The van der Waals surface area contributed by atoms with Crippen molar-refractivity contribution < 1.29 is 14.3 Å². The Labute approximate surface area is 183 Å². The van der Waals surface area contributed by atoms with Gasteiger partial charge in [-0.2, -0.15) is 0 Å². The lowest BCUT2D eigenvalue weighted by Gasteiger charge is -2.12. The maximum atomic E-state index is 12.4. The Hall–Kier alpha value is -3.54. The molecule has 162 valence electrons. The Morgan fingerprint density at radius 1 is 0.903 bits per heavy atom. The zero-order valence-electron chi connectivity index (χ0n) is 18.1. The first-order valence-corrected chi connectivity index (χ1v) is 10.6. The van der Waals surface area contributed by atoms with Crippen molar-refractivity contribution in [3.8, 4) is 11.5 Å². The average Bonchev–Trinajstić information content (AvgIpc) is 2.80. The Kier molecular flexibility index (Phi) is 8.29.